The predicted molar refractivity (Wildman–Crippen MR) is 236 cm³/mol. The Balaban J connectivity index is 2.20. The van der Waals surface area contributed by atoms with Crippen molar-refractivity contribution in [2.75, 3.05) is 74.4 Å². The molecule has 0 aromatic heterocycles. The second kappa shape index (κ2) is 28.2. The maximum atomic E-state index is 14.5. The number of methoxy groups -OCH3 is 2. The number of amides is 4. The molecule has 62 heavy (non-hydrogen) atoms. The fraction of sp³-hybridized carbons (Fsp3) is 0.756. The van der Waals surface area contributed by atoms with E-state index in [0.717, 1.165) is 5.56 Å². The molecule has 1 aliphatic heterocycles. The van der Waals surface area contributed by atoms with E-state index in [4.69, 9.17) is 24.8 Å². The van der Waals surface area contributed by atoms with Crippen LogP contribution in [-0.4, -0.2) is 166 Å². The number of nitrogens with two attached hydrogens (primary N) is 1. The van der Waals surface area contributed by atoms with Gasteiger partial charge in [0.2, 0.25) is 23.6 Å². The summed E-state index contributed by atoms with van der Waals surface area (Å²) < 4.78 is 23.0. The maximum absolute atomic E-state index is 14.5. The number of ether oxygens (including phenoxy) is 4. The van der Waals surface area contributed by atoms with Crippen LogP contribution in [0.4, 0.5) is 0 Å². The van der Waals surface area contributed by atoms with Crippen LogP contribution >= 0.6 is 0 Å². The second-order valence-electron chi connectivity index (χ2n) is 17.2. The van der Waals surface area contributed by atoms with E-state index in [-0.39, 0.29) is 48.3 Å². The zero-order valence-corrected chi connectivity index (χ0v) is 39.2. The van der Waals surface area contributed by atoms with Gasteiger partial charge in [0.05, 0.1) is 75.7 Å². The third-order valence-corrected chi connectivity index (χ3v) is 12.1. The molecule has 4 amide bonds. The fourth-order valence-corrected chi connectivity index (χ4v) is 8.42. The minimum Gasteiger partial charge on any atom is -0.480 e. The summed E-state index contributed by atoms with van der Waals surface area (Å²) in [4.78, 5) is 78.2. The first kappa shape index (κ1) is 54.4. The summed E-state index contributed by atoms with van der Waals surface area (Å²) >= 11 is 0. The van der Waals surface area contributed by atoms with Gasteiger partial charge in [-0.05, 0) is 43.2 Å². The molecule has 0 saturated carbocycles. The summed E-state index contributed by atoms with van der Waals surface area (Å²) in [6, 6.07) is 5.60. The number of carbonyl (C=O) groups excluding carboxylic acids is 4. The quantitative estimate of drug-likeness (QED) is 0.0648. The molecule has 2 rings (SSSR count). The Kier molecular flexibility index (Phi) is 24.7. The molecule has 0 bridgehead atoms. The Hall–Kier alpha value is -3.71. The summed E-state index contributed by atoms with van der Waals surface area (Å²) in [5.74, 6) is 1.45. The van der Waals surface area contributed by atoms with E-state index in [2.05, 4.69) is 15.5 Å². The normalized spacial score (nSPS) is 18.2. The number of carboxylic acids is 1. The van der Waals surface area contributed by atoms with E-state index in [1.165, 1.54) is 14.2 Å². The average molecular weight is 879 g/mol. The monoisotopic (exact) mass is 879 g/mol. The Bertz CT molecular complexity index is 1500. The Labute approximate surface area is 370 Å². The van der Waals surface area contributed by atoms with Crippen LogP contribution in [0.5, 0.6) is 0 Å². The van der Waals surface area contributed by atoms with Crippen molar-refractivity contribution in [3.8, 4) is 0 Å². The van der Waals surface area contributed by atoms with Gasteiger partial charge in [-0.3, -0.25) is 24.1 Å². The minimum atomic E-state index is -1.15. The van der Waals surface area contributed by atoms with Gasteiger partial charge < -0.3 is 49.3 Å². The SMILES string of the molecule is CC[C@H](C)C([C@@H](CC(=O)N1CCC[C@H]1[C@H](OC)[C@@H](C)C(=O)N[C@@H](Cc1ccccc1)C(=O)O)OC)N(C)C(=O)[C@@H](NC(=O)[C@H](C(C)C)N(C)CCOCCOCCON)C(C)C. The topological polar surface area (TPSA) is 212 Å². The van der Waals surface area contributed by atoms with Crippen LogP contribution in [0.2, 0.25) is 0 Å². The molecule has 354 valence electrons. The van der Waals surface area contributed by atoms with Crippen LogP contribution in [0.1, 0.15) is 79.7 Å². The smallest absolute Gasteiger partial charge is 0.326 e. The molecule has 0 radical (unpaired) electrons. The highest BCUT2D eigenvalue weighted by Gasteiger charge is 2.43. The number of aliphatic carboxylic acids is 1. The third-order valence-electron chi connectivity index (χ3n) is 12.1. The highest BCUT2D eigenvalue weighted by molar-refractivity contribution is 5.90. The number of likely N-dealkylation sites (tertiary alicyclic amines) is 1. The molecule has 1 saturated heterocycles. The van der Waals surface area contributed by atoms with Crippen LogP contribution in [0.25, 0.3) is 0 Å². The van der Waals surface area contributed by atoms with Crippen molar-refractivity contribution >= 4 is 29.6 Å². The number of carboxylic acid groups (broad SMARTS) is 1. The standard InChI is InChI=1S/C45H78N6O11/c1-12-31(6)40(50(9)44(55)38(29(2)3)48-43(54)39(30(4)5)49(8)21-22-60-23-24-61-25-26-62-46)36(58-10)28-37(52)51-20-16-19-35(51)41(59-11)32(7)42(53)47-34(45(56)57)27-33-17-14-13-15-18-33/h13-15,17-18,29-32,34-36,38-41H,12,16,19-28,46H2,1-11H3,(H,47,53)(H,48,54)(H,56,57)/t31-,32+,34-,35-,36+,38-,39-,40?,41+/m0/s1. The van der Waals surface area contributed by atoms with Crippen LogP contribution in [-0.2, 0) is 54.2 Å². The van der Waals surface area contributed by atoms with Crippen molar-refractivity contribution in [3.63, 3.8) is 0 Å². The Morgan fingerprint density at radius 1 is 0.871 bits per heavy atom. The number of benzene rings is 1. The van der Waals surface area contributed by atoms with Crippen LogP contribution in [0.3, 0.4) is 0 Å². The molecule has 0 aliphatic carbocycles. The van der Waals surface area contributed by atoms with E-state index in [1.807, 2.05) is 83.8 Å². The summed E-state index contributed by atoms with van der Waals surface area (Å²) in [5, 5.41) is 15.7. The molecule has 1 unspecified atom stereocenters. The number of carbonyl (C=O) groups is 5. The lowest BCUT2D eigenvalue weighted by molar-refractivity contribution is -0.148. The van der Waals surface area contributed by atoms with Crippen LogP contribution in [0, 0.1) is 23.7 Å². The summed E-state index contributed by atoms with van der Waals surface area (Å²) in [7, 11) is 6.59. The van der Waals surface area contributed by atoms with Crippen molar-refractivity contribution in [2.24, 2.45) is 29.6 Å². The fourth-order valence-electron chi connectivity index (χ4n) is 8.42. The van der Waals surface area contributed by atoms with E-state index in [9.17, 15) is 29.1 Å². The number of hydrogen-bond donors (Lipinski definition) is 4. The number of nitrogens with one attached hydrogen (secondary N) is 2. The highest BCUT2D eigenvalue weighted by Crippen LogP contribution is 2.30. The van der Waals surface area contributed by atoms with E-state index >= 15 is 0 Å². The van der Waals surface area contributed by atoms with Gasteiger partial charge in [0.1, 0.15) is 12.1 Å². The molecular weight excluding hydrogens is 801 g/mol. The molecule has 1 aromatic rings. The predicted octanol–water partition coefficient (Wildman–Crippen LogP) is 2.74. The lowest BCUT2D eigenvalue weighted by Gasteiger charge is -2.41. The van der Waals surface area contributed by atoms with Crippen molar-refractivity contribution < 1.29 is 52.9 Å². The van der Waals surface area contributed by atoms with Gasteiger partial charge in [0, 0.05) is 40.8 Å². The first-order chi connectivity index (χ1) is 29.4. The summed E-state index contributed by atoms with van der Waals surface area (Å²) in [6.07, 6.45) is 0.658. The van der Waals surface area contributed by atoms with Crippen molar-refractivity contribution in [1.82, 2.24) is 25.3 Å². The third kappa shape index (κ3) is 16.4. The van der Waals surface area contributed by atoms with Crippen molar-refractivity contribution in [1.29, 1.82) is 0 Å². The lowest BCUT2D eigenvalue weighted by Crippen LogP contribution is -2.60. The highest BCUT2D eigenvalue weighted by atomic mass is 16.6. The molecule has 1 heterocycles. The van der Waals surface area contributed by atoms with E-state index < -0.39 is 60.2 Å². The molecule has 9 atom stereocenters. The zero-order chi connectivity index (χ0) is 46.5. The maximum Gasteiger partial charge on any atom is 0.326 e. The van der Waals surface area contributed by atoms with Gasteiger partial charge in [-0.1, -0.05) is 85.2 Å². The van der Waals surface area contributed by atoms with Gasteiger partial charge in [-0.15, -0.1) is 0 Å². The summed E-state index contributed by atoms with van der Waals surface area (Å²) in [5.41, 5.74) is 0.777. The van der Waals surface area contributed by atoms with Crippen molar-refractivity contribution in [2.45, 2.75) is 123 Å². The molecule has 1 aromatic carbocycles. The van der Waals surface area contributed by atoms with Gasteiger partial charge >= 0.3 is 5.97 Å². The van der Waals surface area contributed by atoms with Crippen LogP contribution in [0.15, 0.2) is 30.3 Å². The molecule has 17 heteroatoms. The van der Waals surface area contributed by atoms with Gasteiger partial charge in [-0.2, -0.15) is 0 Å². The van der Waals surface area contributed by atoms with E-state index in [0.29, 0.717) is 65.4 Å². The summed E-state index contributed by atoms with van der Waals surface area (Å²) in [6.45, 7) is 16.2. The Morgan fingerprint density at radius 3 is 2.05 bits per heavy atom. The van der Waals surface area contributed by atoms with Gasteiger partial charge in [-0.25, -0.2) is 10.7 Å². The molecule has 17 nitrogen and oxygen atoms in total. The molecule has 1 aliphatic rings. The number of hydrogen-bond acceptors (Lipinski definition) is 12. The molecule has 1 fully saturated rings. The number of likely N-dealkylation sites (N-methyl/N-ethyl adjacent to an activating group) is 2. The number of rotatable bonds is 30. The first-order valence-corrected chi connectivity index (χ1v) is 22.1. The zero-order valence-electron chi connectivity index (χ0n) is 39.2. The van der Waals surface area contributed by atoms with Gasteiger partial charge in [0.15, 0.2) is 0 Å². The van der Waals surface area contributed by atoms with E-state index in [1.54, 1.807) is 23.8 Å². The molecule has 5 N–H and O–H groups in total. The van der Waals surface area contributed by atoms with Crippen LogP contribution < -0.4 is 16.5 Å². The average Bonchev–Trinajstić information content (AvgIpc) is 3.72. The molecule has 0 spiro atoms. The first-order valence-electron chi connectivity index (χ1n) is 22.1. The largest absolute Gasteiger partial charge is 0.480 e. The lowest BCUT2D eigenvalue weighted by atomic mass is 9.89. The van der Waals surface area contributed by atoms with Gasteiger partial charge in [0.25, 0.3) is 0 Å². The van der Waals surface area contributed by atoms with Crippen molar-refractivity contribution in [3.05, 3.63) is 35.9 Å². The molecular formula is C45H78N6O11. The second-order valence-corrected chi connectivity index (χ2v) is 17.2. The minimum absolute atomic E-state index is 0.0377. The Morgan fingerprint density at radius 2 is 1.50 bits per heavy atom. The number of nitrogens with zero attached hydrogens (tertiary/aromatic N) is 3.